The number of carbonyl (C=O) groups is 1. The molecule has 8 nitrogen and oxygen atoms in total. The molecule has 0 aliphatic rings. The van der Waals surface area contributed by atoms with Crippen molar-refractivity contribution in [3.63, 3.8) is 0 Å². The van der Waals surface area contributed by atoms with Crippen LogP contribution in [-0.4, -0.2) is 30.2 Å². The number of fused-ring (bicyclic) bond motifs is 1. The van der Waals surface area contributed by atoms with Gasteiger partial charge in [0.2, 0.25) is 0 Å². The molecule has 0 fully saturated rings. The Bertz CT molecular complexity index is 1470. The van der Waals surface area contributed by atoms with Gasteiger partial charge in [-0.2, -0.15) is 5.10 Å². The molecule has 0 spiro atoms. The van der Waals surface area contributed by atoms with Gasteiger partial charge in [0.05, 0.1) is 29.6 Å². The molecule has 0 aliphatic heterocycles. The van der Waals surface area contributed by atoms with E-state index in [2.05, 4.69) is 20.4 Å². The Kier molecular flexibility index (Phi) is 4.40. The highest BCUT2D eigenvalue weighted by atomic mass is 19.1. The molecule has 5 rings (SSSR count). The Hall–Kier alpha value is -4.53. The van der Waals surface area contributed by atoms with Crippen molar-refractivity contribution < 1.29 is 9.18 Å². The molecule has 0 radical (unpaired) electrons. The first kappa shape index (κ1) is 18.5. The van der Waals surface area contributed by atoms with E-state index >= 15 is 0 Å². The van der Waals surface area contributed by atoms with Crippen molar-refractivity contribution in [1.29, 1.82) is 0 Å². The minimum absolute atomic E-state index is 0.170. The molecule has 0 saturated heterocycles. The number of hydrogen-bond acceptors (Lipinski definition) is 4. The van der Waals surface area contributed by atoms with Crippen LogP contribution in [0.25, 0.3) is 22.4 Å². The van der Waals surface area contributed by atoms with Crippen molar-refractivity contribution in [2.45, 2.75) is 0 Å². The van der Waals surface area contributed by atoms with Gasteiger partial charge in [0.1, 0.15) is 11.2 Å². The minimum Gasteiger partial charge on any atom is -0.321 e. The monoisotopic (exact) mass is 414 g/mol. The average molecular weight is 414 g/mol. The van der Waals surface area contributed by atoms with Gasteiger partial charge < -0.3 is 14.9 Å². The summed E-state index contributed by atoms with van der Waals surface area (Å²) in [6.45, 7) is 0. The van der Waals surface area contributed by atoms with Gasteiger partial charge in [0.15, 0.2) is 5.65 Å². The van der Waals surface area contributed by atoms with E-state index in [0.717, 1.165) is 0 Å². The van der Waals surface area contributed by atoms with Gasteiger partial charge in [-0.1, -0.05) is 12.1 Å². The topological polar surface area (TPSA) is 97.6 Å². The lowest BCUT2D eigenvalue weighted by Gasteiger charge is -2.12. The van der Waals surface area contributed by atoms with Crippen LogP contribution < -0.4 is 10.9 Å². The fourth-order valence-electron chi connectivity index (χ4n) is 3.34. The van der Waals surface area contributed by atoms with Crippen LogP contribution in [0.4, 0.5) is 10.1 Å². The van der Waals surface area contributed by atoms with Crippen LogP contribution >= 0.6 is 0 Å². The van der Waals surface area contributed by atoms with Crippen LogP contribution in [0.15, 0.2) is 84.3 Å². The summed E-state index contributed by atoms with van der Waals surface area (Å²) in [5.74, 6) is -0.994. The summed E-state index contributed by atoms with van der Waals surface area (Å²) in [6.07, 6.45) is 6.15. The molecular formula is C22H15FN6O2. The van der Waals surface area contributed by atoms with Crippen LogP contribution in [0.3, 0.4) is 0 Å². The number of halogens is 1. The lowest BCUT2D eigenvalue weighted by Crippen LogP contribution is -2.15. The number of aromatic nitrogens is 5. The van der Waals surface area contributed by atoms with Gasteiger partial charge in [0.25, 0.3) is 11.5 Å². The molecule has 0 saturated carbocycles. The number of nitrogens with one attached hydrogen (secondary N) is 2. The average Bonchev–Trinajstić information content (AvgIpc) is 3.45. The molecule has 2 N–H and O–H groups in total. The second-order valence-corrected chi connectivity index (χ2v) is 6.75. The first-order valence-electron chi connectivity index (χ1n) is 9.37. The predicted molar refractivity (Wildman–Crippen MR) is 113 cm³/mol. The van der Waals surface area contributed by atoms with Gasteiger partial charge in [-0.25, -0.2) is 14.1 Å². The van der Waals surface area contributed by atoms with E-state index in [4.69, 9.17) is 0 Å². The zero-order valence-corrected chi connectivity index (χ0v) is 16.0. The van der Waals surface area contributed by atoms with Crippen molar-refractivity contribution in [3.8, 4) is 11.4 Å². The van der Waals surface area contributed by atoms with Crippen LogP contribution in [0, 0.1) is 5.82 Å². The lowest BCUT2D eigenvalue weighted by atomic mass is 10.1. The summed E-state index contributed by atoms with van der Waals surface area (Å²) in [6, 6.07) is 14.8. The summed E-state index contributed by atoms with van der Waals surface area (Å²) in [7, 11) is 0. The van der Waals surface area contributed by atoms with Crippen LogP contribution in [-0.2, 0) is 0 Å². The number of rotatable bonds is 4. The normalized spacial score (nSPS) is 11.0. The highest BCUT2D eigenvalue weighted by Gasteiger charge is 2.16. The number of hydrogen-bond donors (Lipinski definition) is 2. The smallest absolute Gasteiger partial charge is 0.261 e. The summed E-state index contributed by atoms with van der Waals surface area (Å²) in [5.41, 5.74) is 1.52. The molecule has 9 heteroatoms. The lowest BCUT2D eigenvalue weighted by molar-refractivity contribution is 0.102. The van der Waals surface area contributed by atoms with Crippen LogP contribution in [0.1, 0.15) is 10.4 Å². The molecule has 0 aliphatic carbocycles. The van der Waals surface area contributed by atoms with E-state index in [1.807, 2.05) is 0 Å². The third kappa shape index (κ3) is 3.27. The number of aromatic amines is 1. The quantitative estimate of drug-likeness (QED) is 0.472. The predicted octanol–water partition coefficient (Wildman–Crippen LogP) is 3.29. The van der Waals surface area contributed by atoms with Gasteiger partial charge in [0, 0.05) is 18.0 Å². The Balaban J connectivity index is 1.49. The van der Waals surface area contributed by atoms with Crippen LogP contribution in [0.5, 0.6) is 0 Å². The number of anilines is 1. The van der Waals surface area contributed by atoms with Crippen LogP contribution in [0.2, 0.25) is 0 Å². The molecule has 152 valence electrons. The van der Waals surface area contributed by atoms with E-state index in [-0.39, 0.29) is 11.1 Å². The van der Waals surface area contributed by atoms with Gasteiger partial charge in [-0.3, -0.25) is 9.59 Å². The fraction of sp³-hybridized carbons (Fsp3) is 0. The number of amides is 1. The maximum atomic E-state index is 14.6. The molecule has 0 atom stereocenters. The number of H-pyrrole nitrogens is 1. The maximum Gasteiger partial charge on any atom is 0.261 e. The maximum absolute atomic E-state index is 14.6. The highest BCUT2D eigenvalue weighted by molar-refractivity contribution is 6.05. The molecule has 1 amide bonds. The third-order valence-corrected chi connectivity index (χ3v) is 4.84. The second kappa shape index (κ2) is 7.38. The highest BCUT2D eigenvalue weighted by Crippen LogP contribution is 2.23. The summed E-state index contributed by atoms with van der Waals surface area (Å²) in [4.78, 5) is 31.5. The summed E-state index contributed by atoms with van der Waals surface area (Å²) < 4.78 is 17.7. The molecule has 0 unspecified atom stereocenters. The van der Waals surface area contributed by atoms with Crippen molar-refractivity contribution in [1.82, 2.24) is 24.3 Å². The zero-order chi connectivity index (χ0) is 21.4. The molecule has 3 heterocycles. The molecule has 3 aromatic heterocycles. The number of benzene rings is 2. The molecule has 0 bridgehead atoms. The van der Waals surface area contributed by atoms with Crippen molar-refractivity contribution >= 4 is 22.6 Å². The standard InChI is InChI=1S/C22H15FN6O2/c23-16-11-14(7-8-18(16)28-9-3-4-10-28)21(30)27-17-5-1-2-6-19(17)29-20-15(12-26-29)22(31)25-13-24-20/h1-13H,(H,27,30)(H,24,25,31). The van der Waals surface area contributed by atoms with E-state index in [1.165, 1.54) is 23.3 Å². The number of nitrogens with zero attached hydrogens (tertiary/aromatic N) is 4. The van der Waals surface area contributed by atoms with Gasteiger partial charge in [-0.05, 0) is 42.5 Å². The Morgan fingerprint density at radius 2 is 1.84 bits per heavy atom. The van der Waals surface area contributed by atoms with Crippen molar-refractivity contribution in [2.75, 3.05) is 5.32 Å². The zero-order valence-electron chi connectivity index (χ0n) is 16.0. The third-order valence-electron chi connectivity index (χ3n) is 4.84. The number of para-hydroxylation sites is 2. The molecular weight excluding hydrogens is 399 g/mol. The van der Waals surface area contributed by atoms with E-state index < -0.39 is 11.7 Å². The fourth-order valence-corrected chi connectivity index (χ4v) is 3.34. The summed E-state index contributed by atoms with van der Waals surface area (Å²) >= 11 is 0. The van der Waals surface area contributed by atoms with E-state index in [9.17, 15) is 14.0 Å². The van der Waals surface area contributed by atoms with Crippen molar-refractivity contribution in [3.05, 3.63) is 101 Å². The number of carbonyl (C=O) groups excluding carboxylic acids is 1. The molecule has 2 aromatic carbocycles. The Morgan fingerprint density at radius 3 is 2.65 bits per heavy atom. The first-order valence-corrected chi connectivity index (χ1v) is 9.37. The largest absolute Gasteiger partial charge is 0.321 e. The second-order valence-electron chi connectivity index (χ2n) is 6.75. The summed E-state index contributed by atoms with van der Waals surface area (Å²) in [5, 5.41) is 7.36. The molecule has 5 aromatic rings. The van der Waals surface area contributed by atoms with Gasteiger partial charge in [-0.15, -0.1) is 0 Å². The minimum atomic E-state index is -0.515. The first-order chi connectivity index (χ1) is 15.1. The van der Waals surface area contributed by atoms with Crippen molar-refractivity contribution in [2.24, 2.45) is 0 Å². The van der Waals surface area contributed by atoms with E-state index in [1.54, 1.807) is 65.5 Å². The van der Waals surface area contributed by atoms with Gasteiger partial charge >= 0.3 is 0 Å². The Morgan fingerprint density at radius 1 is 1.03 bits per heavy atom. The molecule has 31 heavy (non-hydrogen) atoms. The Labute approximate surface area is 174 Å². The SMILES string of the molecule is O=C(Nc1ccccc1-n1ncc2c(=O)[nH]cnc21)c1ccc(-n2cccc2)c(F)c1. The van der Waals surface area contributed by atoms with E-state index in [0.29, 0.717) is 28.1 Å².